The van der Waals surface area contributed by atoms with Gasteiger partial charge in [-0.05, 0) is 99.6 Å². The Labute approximate surface area is 196 Å². The van der Waals surface area contributed by atoms with E-state index in [1.54, 1.807) is 60.3 Å². The molecular formula is C24H33N3O3S2. The van der Waals surface area contributed by atoms with Crippen LogP contribution in [0.25, 0.3) is 0 Å². The molecule has 8 heteroatoms. The molecule has 1 fully saturated rings. The number of rotatable bonds is 9. The molecule has 32 heavy (non-hydrogen) atoms. The second-order valence-electron chi connectivity index (χ2n) is 8.33. The maximum absolute atomic E-state index is 12.9. The van der Waals surface area contributed by atoms with Crippen LogP contribution < -0.4 is 9.62 Å². The molecule has 1 N–H and O–H groups in total. The summed E-state index contributed by atoms with van der Waals surface area (Å²) < 4.78 is 27.1. The summed E-state index contributed by atoms with van der Waals surface area (Å²) in [6.45, 7) is 6.24. The minimum Gasteiger partial charge on any atom is -0.352 e. The maximum atomic E-state index is 12.9. The lowest BCUT2D eigenvalue weighted by Crippen LogP contribution is -2.35. The molecule has 0 aliphatic carbocycles. The quantitative estimate of drug-likeness (QED) is 0.437. The molecule has 2 aromatic rings. The van der Waals surface area contributed by atoms with Gasteiger partial charge in [0.15, 0.2) is 0 Å². The summed E-state index contributed by atoms with van der Waals surface area (Å²) in [5.74, 6) is 0.686. The molecule has 3 rings (SSSR count). The van der Waals surface area contributed by atoms with Gasteiger partial charge in [-0.1, -0.05) is 6.92 Å². The lowest BCUT2D eigenvalue weighted by atomic mass is 9.99. The molecule has 1 heterocycles. The third kappa shape index (κ3) is 6.27. The summed E-state index contributed by atoms with van der Waals surface area (Å²) in [7, 11) is -2.14. The number of carbonyl (C=O) groups is 1. The number of likely N-dealkylation sites (tertiary alicyclic amines) is 1. The molecular weight excluding hydrogens is 442 g/mol. The monoisotopic (exact) mass is 475 g/mol. The Morgan fingerprint density at radius 1 is 1.09 bits per heavy atom. The number of thioether (sulfide) groups is 1. The summed E-state index contributed by atoms with van der Waals surface area (Å²) in [4.78, 5) is 16.1. The summed E-state index contributed by atoms with van der Waals surface area (Å²) in [6, 6.07) is 13.5. The van der Waals surface area contributed by atoms with Crippen molar-refractivity contribution in [2.75, 3.05) is 43.8 Å². The van der Waals surface area contributed by atoms with Crippen molar-refractivity contribution in [3.63, 3.8) is 0 Å². The van der Waals surface area contributed by atoms with Gasteiger partial charge in [-0.3, -0.25) is 9.10 Å². The smallest absolute Gasteiger partial charge is 0.264 e. The largest absolute Gasteiger partial charge is 0.352 e. The SMILES string of the molecule is CSc1ccc(S(=O)(=O)N(C)c2ccc(C(=O)NCCCN3CCC(C)CC3)cc2)cc1. The van der Waals surface area contributed by atoms with Crippen molar-refractivity contribution in [2.24, 2.45) is 5.92 Å². The molecule has 1 aliphatic rings. The van der Waals surface area contributed by atoms with E-state index >= 15 is 0 Å². The lowest BCUT2D eigenvalue weighted by Gasteiger charge is -2.30. The van der Waals surface area contributed by atoms with Gasteiger partial charge in [-0.25, -0.2) is 8.42 Å². The van der Waals surface area contributed by atoms with Crippen LogP contribution in [0.15, 0.2) is 58.3 Å². The topological polar surface area (TPSA) is 69.7 Å². The number of anilines is 1. The van der Waals surface area contributed by atoms with Crippen molar-refractivity contribution in [2.45, 2.75) is 36.0 Å². The number of piperidine rings is 1. The highest BCUT2D eigenvalue weighted by Crippen LogP contribution is 2.24. The average molecular weight is 476 g/mol. The Bertz CT molecular complexity index is 984. The normalized spacial score (nSPS) is 15.5. The van der Waals surface area contributed by atoms with Crippen LogP contribution in [0.4, 0.5) is 5.69 Å². The van der Waals surface area contributed by atoms with Gasteiger partial charge in [0.2, 0.25) is 0 Å². The molecule has 6 nitrogen and oxygen atoms in total. The first-order valence-corrected chi connectivity index (χ1v) is 13.7. The number of nitrogens with one attached hydrogen (secondary N) is 1. The van der Waals surface area contributed by atoms with Gasteiger partial charge in [0, 0.05) is 24.1 Å². The van der Waals surface area contributed by atoms with Crippen LogP contribution >= 0.6 is 11.8 Å². The molecule has 1 aliphatic heterocycles. The molecule has 1 saturated heterocycles. The van der Waals surface area contributed by atoms with E-state index in [1.807, 2.05) is 6.26 Å². The fourth-order valence-corrected chi connectivity index (χ4v) is 5.36. The van der Waals surface area contributed by atoms with Crippen LogP contribution in [0.3, 0.4) is 0 Å². The molecule has 0 unspecified atom stereocenters. The first kappa shape index (κ1) is 24.6. The highest BCUT2D eigenvalue weighted by molar-refractivity contribution is 7.98. The number of nitrogens with zero attached hydrogens (tertiary/aromatic N) is 2. The van der Waals surface area contributed by atoms with E-state index in [2.05, 4.69) is 17.1 Å². The van der Waals surface area contributed by atoms with Crippen molar-refractivity contribution >= 4 is 33.4 Å². The third-order valence-electron chi connectivity index (χ3n) is 6.02. The van der Waals surface area contributed by atoms with E-state index in [0.717, 1.165) is 36.9 Å². The third-order valence-corrected chi connectivity index (χ3v) is 8.57. The number of carbonyl (C=O) groups excluding carboxylic acids is 1. The molecule has 1 amide bonds. The molecule has 0 radical (unpaired) electrons. The Kier molecular flexibility index (Phi) is 8.62. The zero-order valence-electron chi connectivity index (χ0n) is 19.1. The van der Waals surface area contributed by atoms with Gasteiger partial charge in [-0.2, -0.15) is 0 Å². The van der Waals surface area contributed by atoms with Crippen molar-refractivity contribution in [1.82, 2.24) is 10.2 Å². The second-order valence-corrected chi connectivity index (χ2v) is 11.2. The minimum absolute atomic E-state index is 0.137. The van der Waals surface area contributed by atoms with Gasteiger partial charge in [0.05, 0.1) is 10.6 Å². The first-order chi connectivity index (χ1) is 15.3. The first-order valence-electron chi connectivity index (χ1n) is 11.0. The zero-order chi connectivity index (χ0) is 23.1. The predicted molar refractivity (Wildman–Crippen MR) is 132 cm³/mol. The summed E-state index contributed by atoms with van der Waals surface area (Å²) in [5, 5.41) is 2.96. The van der Waals surface area contributed by atoms with Gasteiger partial charge in [0.25, 0.3) is 15.9 Å². The van der Waals surface area contributed by atoms with Gasteiger partial charge in [0.1, 0.15) is 0 Å². The van der Waals surface area contributed by atoms with Crippen LogP contribution in [0.2, 0.25) is 0 Å². The van der Waals surface area contributed by atoms with E-state index in [0.29, 0.717) is 17.8 Å². The second kappa shape index (κ2) is 11.2. The molecule has 0 bridgehead atoms. The number of sulfonamides is 1. The summed E-state index contributed by atoms with van der Waals surface area (Å²) in [5.41, 5.74) is 1.03. The van der Waals surface area contributed by atoms with Crippen molar-refractivity contribution in [3.05, 3.63) is 54.1 Å². The molecule has 0 atom stereocenters. The van der Waals surface area contributed by atoms with E-state index in [-0.39, 0.29) is 10.8 Å². The minimum atomic E-state index is -3.66. The Hall–Kier alpha value is -2.03. The number of hydrogen-bond donors (Lipinski definition) is 1. The molecule has 0 spiro atoms. The fourth-order valence-electron chi connectivity index (χ4n) is 3.76. The van der Waals surface area contributed by atoms with E-state index < -0.39 is 10.0 Å². The summed E-state index contributed by atoms with van der Waals surface area (Å²) >= 11 is 1.56. The predicted octanol–water partition coefficient (Wildman–Crippen LogP) is 4.09. The van der Waals surface area contributed by atoms with E-state index in [1.165, 1.54) is 24.2 Å². The van der Waals surface area contributed by atoms with Gasteiger partial charge >= 0.3 is 0 Å². The van der Waals surface area contributed by atoms with Crippen molar-refractivity contribution in [1.29, 1.82) is 0 Å². The van der Waals surface area contributed by atoms with Crippen LogP contribution in [-0.2, 0) is 10.0 Å². The summed E-state index contributed by atoms with van der Waals surface area (Å²) in [6.07, 6.45) is 5.38. The van der Waals surface area contributed by atoms with E-state index in [4.69, 9.17) is 0 Å². The Morgan fingerprint density at radius 3 is 2.31 bits per heavy atom. The zero-order valence-corrected chi connectivity index (χ0v) is 20.7. The van der Waals surface area contributed by atoms with Crippen molar-refractivity contribution in [3.8, 4) is 0 Å². The standard InChI is InChI=1S/C24H33N3O3S2/c1-19-13-17-27(18-14-19)16-4-15-25-24(28)20-5-7-21(8-6-20)26(2)32(29,30)23-11-9-22(31-3)10-12-23/h5-12,19H,4,13-18H2,1-3H3,(H,25,28). The molecule has 2 aromatic carbocycles. The number of amides is 1. The van der Waals surface area contributed by atoms with Crippen LogP contribution in [-0.4, -0.2) is 58.7 Å². The number of benzene rings is 2. The number of hydrogen-bond acceptors (Lipinski definition) is 5. The average Bonchev–Trinajstić information content (AvgIpc) is 2.82. The molecule has 0 saturated carbocycles. The van der Waals surface area contributed by atoms with Gasteiger partial charge < -0.3 is 10.2 Å². The lowest BCUT2D eigenvalue weighted by molar-refractivity contribution is 0.0950. The van der Waals surface area contributed by atoms with E-state index in [9.17, 15) is 13.2 Å². The highest BCUT2D eigenvalue weighted by atomic mass is 32.2. The van der Waals surface area contributed by atoms with Crippen LogP contribution in [0, 0.1) is 5.92 Å². The Balaban J connectivity index is 1.52. The Morgan fingerprint density at radius 2 is 1.72 bits per heavy atom. The van der Waals surface area contributed by atoms with Gasteiger partial charge in [-0.15, -0.1) is 11.8 Å². The maximum Gasteiger partial charge on any atom is 0.264 e. The molecule has 174 valence electrons. The fraction of sp³-hybridized carbons (Fsp3) is 0.458. The van der Waals surface area contributed by atoms with Crippen molar-refractivity contribution < 1.29 is 13.2 Å². The highest BCUT2D eigenvalue weighted by Gasteiger charge is 2.21. The van der Waals surface area contributed by atoms with Crippen LogP contribution in [0.1, 0.15) is 36.5 Å². The molecule has 0 aromatic heterocycles. The van der Waals surface area contributed by atoms with Crippen LogP contribution in [0.5, 0.6) is 0 Å².